The number of aryl methyl sites for hydroxylation is 2. The molecule has 2 saturated heterocycles. The minimum atomic E-state index is -3.67. The standard InChI is InChI=1S/C30H49N3O4S/c1-23-19-29(37-4)20-24(2)30(23)38(35,36)31(3)16-13-28(34)21-25-11-17-32(18-12-25)22-26-7-9-27(10-8-26)33-14-5-6-15-33/h19-20,25-27H,5-18,21-22H2,1-4H3. The van der Waals surface area contributed by atoms with Gasteiger partial charge in [-0.15, -0.1) is 0 Å². The average molecular weight is 548 g/mol. The summed E-state index contributed by atoms with van der Waals surface area (Å²) >= 11 is 0. The van der Waals surface area contributed by atoms with Crippen LogP contribution in [-0.4, -0.2) is 87.8 Å². The van der Waals surface area contributed by atoms with Gasteiger partial charge in [0.05, 0.1) is 12.0 Å². The van der Waals surface area contributed by atoms with Crippen molar-refractivity contribution in [1.82, 2.24) is 14.1 Å². The van der Waals surface area contributed by atoms with E-state index in [9.17, 15) is 13.2 Å². The molecule has 4 rings (SSSR count). The molecule has 2 aliphatic heterocycles. The maximum absolute atomic E-state index is 13.2. The number of ether oxygens (including phenoxy) is 1. The van der Waals surface area contributed by atoms with Crippen LogP contribution in [0.4, 0.5) is 0 Å². The summed E-state index contributed by atoms with van der Waals surface area (Å²) in [6, 6.07) is 4.32. The highest BCUT2D eigenvalue weighted by Crippen LogP contribution is 2.32. The quantitative estimate of drug-likeness (QED) is 0.402. The van der Waals surface area contributed by atoms with Crippen LogP contribution in [0, 0.1) is 25.7 Å². The van der Waals surface area contributed by atoms with Gasteiger partial charge in [-0.2, -0.15) is 0 Å². The van der Waals surface area contributed by atoms with Gasteiger partial charge >= 0.3 is 0 Å². The van der Waals surface area contributed by atoms with E-state index in [1.165, 1.54) is 62.5 Å². The van der Waals surface area contributed by atoms with Gasteiger partial charge in [0.15, 0.2) is 0 Å². The number of hydrogen-bond donors (Lipinski definition) is 0. The van der Waals surface area contributed by atoms with Gasteiger partial charge < -0.3 is 14.5 Å². The predicted octanol–water partition coefficient (Wildman–Crippen LogP) is 4.65. The molecule has 38 heavy (non-hydrogen) atoms. The van der Waals surface area contributed by atoms with Gasteiger partial charge in [-0.1, -0.05) is 0 Å². The van der Waals surface area contributed by atoms with Gasteiger partial charge in [0, 0.05) is 39.0 Å². The molecule has 0 unspecified atom stereocenters. The Morgan fingerprint density at radius 3 is 2.13 bits per heavy atom. The van der Waals surface area contributed by atoms with Crippen LogP contribution in [0.1, 0.15) is 75.3 Å². The number of carbonyl (C=O) groups excluding carboxylic acids is 1. The van der Waals surface area contributed by atoms with Crippen molar-refractivity contribution in [1.29, 1.82) is 0 Å². The molecule has 0 bridgehead atoms. The molecule has 8 heteroatoms. The van der Waals surface area contributed by atoms with Crippen LogP contribution in [0.25, 0.3) is 0 Å². The van der Waals surface area contributed by atoms with Crippen molar-refractivity contribution in [2.75, 3.05) is 53.4 Å². The first kappa shape index (κ1) is 29.5. The molecule has 1 aromatic rings. The van der Waals surface area contributed by atoms with E-state index in [-0.39, 0.29) is 18.7 Å². The Kier molecular flexibility index (Phi) is 10.3. The number of ketones is 1. The van der Waals surface area contributed by atoms with Crippen LogP contribution in [0.2, 0.25) is 0 Å². The summed E-state index contributed by atoms with van der Waals surface area (Å²) in [6.07, 6.45) is 11.2. The van der Waals surface area contributed by atoms with Crippen molar-refractivity contribution in [3.05, 3.63) is 23.3 Å². The van der Waals surface area contributed by atoms with E-state index in [0.717, 1.165) is 37.9 Å². The van der Waals surface area contributed by atoms with Crippen molar-refractivity contribution in [2.24, 2.45) is 11.8 Å². The van der Waals surface area contributed by atoms with E-state index in [1.54, 1.807) is 40.1 Å². The Hall–Kier alpha value is -1.48. The highest BCUT2D eigenvalue weighted by atomic mass is 32.2. The fourth-order valence-electron chi connectivity index (χ4n) is 6.96. The molecular weight excluding hydrogens is 498 g/mol. The summed E-state index contributed by atoms with van der Waals surface area (Å²) in [5.74, 6) is 2.08. The highest BCUT2D eigenvalue weighted by molar-refractivity contribution is 7.89. The summed E-state index contributed by atoms with van der Waals surface area (Å²) in [5.41, 5.74) is 1.32. The number of nitrogens with zero attached hydrogens (tertiary/aromatic N) is 3. The molecule has 7 nitrogen and oxygen atoms in total. The number of likely N-dealkylation sites (tertiary alicyclic amines) is 2. The molecule has 1 aromatic carbocycles. The first-order valence-electron chi connectivity index (χ1n) is 14.8. The second kappa shape index (κ2) is 13.2. The zero-order valence-corrected chi connectivity index (χ0v) is 24.9. The molecule has 0 N–H and O–H groups in total. The summed E-state index contributed by atoms with van der Waals surface area (Å²) in [4.78, 5) is 18.4. The lowest BCUT2D eigenvalue weighted by Gasteiger charge is -2.38. The zero-order valence-electron chi connectivity index (χ0n) is 24.1. The van der Waals surface area contributed by atoms with E-state index in [2.05, 4.69) is 9.80 Å². The molecule has 3 fully saturated rings. The molecule has 0 amide bonds. The normalized spacial score (nSPS) is 24.2. The van der Waals surface area contributed by atoms with Crippen LogP contribution in [0.3, 0.4) is 0 Å². The number of benzene rings is 1. The van der Waals surface area contributed by atoms with Crippen molar-refractivity contribution in [3.63, 3.8) is 0 Å². The Labute approximate surface area is 230 Å². The zero-order chi connectivity index (χ0) is 27.3. The second-order valence-corrected chi connectivity index (χ2v) is 14.1. The van der Waals surface area contributed by atoms with Gasteiger partial charge in [0.25, 0.3) is 0 Å². The Bertz CT molecular complexity index is 1010. The van der Waals surface area contributed by atoms with Crippen molar-refractivity contribution < 1.29 is 17.9 Å². The van der Waals surface area contributed by atoms with E-state index < -0.39 is 10.0 Å². The molecule has 1 aliphatic carbocycles. The maximum Gasteiger partial charge on any atom is 0.243 e. The van der Waals surface area contributed by atoms with Crippen LogP contribution in [0.5, 0.6) is 5.75 Å². The smallest absolute Gasteiger partial charge is 0.243 e. The van der Waals surface area contributed by atoms with Crippen LogP contribution >= 0.6 is 0 Å². The van der Waals surface area contributed by atoms with Gasteiger partial charge in [-0.25, -0.2) is 12.7 Å². The topological polar surface area (TPSA) is 70.2 Å². The number of hydrogen-bond acceptors (Lipinski definition) is 6. The van der Waals surface area contributed by atoms with Crippen LogP contribution in [0.15, 0.2) is 17.0 Å². The first-order valence-corrected chi connectivity index (χ1v) is 16.2. The fraction of sp³-hybridized carbons (Fsp3) is 0.767. The minimum Gasteiger partial charge on any atom is -0.497 e. The SMILES string of the molecule is COc1cc(C)c(S(=O)(=O)N(C)CCC(=O)CC2CCN(CC3CCC(N4CCCC4)CC3)CC2)c(C)c1. The number of Topliss-reactive ketones (excluding diaryl/α,β-unsaturated/α-hetero) is 1. The molecule has 0 spiro atoms. The van der Waals surface area contributed by atoms with E-state index in [0.29, 0.717) is 34.1 Å². The van der Waals surface area contributed by atoms with Gasteiger partial charge in [0.1, 0.15) is 11.5 Å². The number of sulfonamides is 1. The first-order chi connectivity index (χ1) is 18.2. The molecule has 214 valence electrons. The summed E-state index contributed by atoms with van der Waals surface area (Å²) in [6.45, 7) is 9.82. The van der Waals surface area contributed by atoms with Gasteiger partial charge in [-0.05, 0) is 126 Å². The van der Waals surface area contributed by atoms with Crippen molar-refractivity contribution in [3.8, 4) is 5.75 Å². The summed E-state index contributed by atoms with van der Waals surface area (Å²) in [7, 11) is -0.521. The van der Waals surface area contributed by atoms with Gasteiger partial charge in [-0.3, -0.25) is 4.79 Å². The molecular formula is C30H49N3O4S. The lowest BCUT2D eigenvalue weighted by atomic mass is 9.84. The van der Waals surface area contributed by atoms with E-state index >= 15 is 0 Å². The Morgan fingerprint density at radius 2 is 1.55 bits per heavy atom. The lowest BCUT2D eigenvalue weighted by Crippen LogP contribution is -2.41. The largest absolute Gasteiger partial charge is 0.497 e. The predicted molar refractivity (Wildman–Crippen MR) is 152 cm³/mol. The third kappa shape index (κ3) is 7.38. The van der Waals surface area contributed by atoms with Crippen LogP contribution < -0.4 is 4.74 Å². The van der Waals surface area contributed by atoms with Gasteiger partial charge in [0.2, 0.25) is 10.0 Å². The van der Waals surface area contributed by atoms with E-state index in [4.69, 9.17) is 4.74 Å². The molecule has 2 heterocycles. The number of piperidine rings is 1. The molecule has 1 saturated carbocycles. The Morgan fingerprint density at radius 1 is 0.947 bits per heavy atom. The Balaban J connectivity index is 1.16. The maximum atomic E-state index is 13.2. The average Bonchev–Trinajstić information content (AvgIpc) is 3.43. The summed E-state index contributed by atoms with van der Waals surface area (Å²) < 4.78 is 33.0. The van der Waals surface area contributed by atoms with Crippen molar-refractivity contribution in [2.45, 2.75) is 89.0 Å². The number of carbonyl (C=O) groups is 1. The number of methoxy groups -OCH3 is 1. The third-order valence-corrected chi connectivity index (χ3v) is 11.4. The number of rotatable bonds is 11. The minimum absolute atomic E-state index is 0.175. The molecule has 0 aromatic heterocycles. The fourth-order valence-corrected chi connectivity index (χ4v) is 8.53. The van der Waals surface area contributed by atoms with Crippen LogP contribution in [-0.2, 0) is 14.8 Å². The van der Waals surface area contributed by atoms with Crippen molar-refractivity contribution >= 4 is 15.8 Å². The summed E-state index contributed by atoms with van der Waals surface area (Å²) in [5, 5.41) is 0. The molecule has 3 aliphatic rings. The monoisotopic (exact) mass is 547 g/mol. The molecule has 0 radical (unpaired) electrons. The lowest BCUT2D eigenvalue weighted by molar-refractivity contribution is -0.120. The highest BCUT2D eigenvalue weighted by Gasteiger charge is 2.30. The third-order valence-electron chi connectivity index (χ3n) is 9.26. The van der Waals surface area contributed by atoms with E-state index in [1.807, 2.05) is 0 Å². The second-order valence-electron chi connectivity index (χ2n) is 12.1. The molecule has 0 atom stereocenters.